The Morgan fingerprint density at radius 3 is 1.63 bits per heavy atom. The van der Waals surface area contributed by atoms with Crippen molar-refractivity contribution >= 4 is 60.9 Å². The average molecular weight is 731 g/mol. The summed E-state index contributed by atoms with van der Waals surface area (Å²) in [5, 5.41) is 4.41. The molecule has 0 spiro atoms. The third kappa shape index (κ3) is 5.74. The Bertz CT molecular complexity index is 3180. The van der Waals surface area contributed by atoms with Crippen LogP contribution < -0.4 is 4.90 Å². The number of anilines is 3. The van der Waals surface area contributed by atoms with E-state index in [0.29, 0.717) is 5.89 Å². The lowest BCUT2D eigenvalue weighted by atomic mass is 9.92. The van der Waals surface area contributed by atoms with Crippen LogP contribution in [-0.2, 0) is 0 Å². The van der Waals surface area contributed by atoms with E-state index in [4.69, 9.17) is 13.8 Å². The summed E-state index contributed by atoms with van der Waals surface area (Å²) in [6.07, 6.45) is 0. The fourth-order valence-corrected chi connectivity index (χ4v) is 8.20. The predicted octanol–water partition coefficient (Wildman–Crippen LogP) is 15.0. The maximum absolute atomic E-state index is 6.60. The molecular formula is C53H34N2O2. The third-order valence-corrected chi connectivity index (χ3v) is 10.9. The van der Waals surface area contributed by atoms with Gasteiger partial charge in [-0.15, -0.1) is 0 Å². The fourth-order valence-electron chi connectivity index (χ4n) is 8.20. The molecule has 0 N–H and O–H groups in total. The van der Waals surface area contributed by atoms with Gasteiger partial charge in [-0.1, -0.05) is 133 Å². The van der Waals surface area contributed by atoms with Gasteiger partial charge in [-0.2, -0.15) is 0 Å². The Kier molecular flexibility index (Phi) is 7.78. The average Bonchev–Trinajstić information content (AvgIpc) is 3.89. The van der Waals surface area contributed by atoms with Crippen molar-refractivity contribution in [3.05, 3.63) is 206 Å². The second kappa shape index (κ2) is 13.6. The first-order chi connectivity index (χ1) is 28.2. The molecule has 0 atom stereocenters. The maximum Gasteiger partial charge on any atom is 0.227 e. The minimum Gasteiger partial charge on any atom is -0.456 e. The molecule has 2 aromatic heterocycles. The van der Waals surface area contributed by atoms with Crippen LogP contribution in [0.2, 0.25) is 0 Å². The zero-order chi connectivity index (χ0) is 37.7. The number of benzene rings is 9. The molecule has 268 valence electrons. The van der Waals surface area contributed by atoms with Gasteiger partial charge in [-0.25, -0.2) is 4.98 Å². The molecule has 0 aliphatic heterocycles. The van der Waals surface area contributed by atoms with Crippen LogP contribution in [0.1, 0.15) is 0 Å². The van der Waals surface area contributed by atoms with Crippen molar-refractivity contribution in [1.29, 1.82) is 0 Å². The van der Waals surface area contributed by atoms with Gasteiger partial charge in [0, 0.05) is 33.4 Å². The van der Waals surface area contributed by atoms with Crippen LogP contribution in [0.25, 0.3) is 88.6 Å². The molecule has 0 aliphatic carbocycles. The lowest BCUT2D eigenvalue weighted by Crippen LogP contribution is -2.09. The van der Waals surface area contributed by atoms with Crippen LogP contribution in [0.15, 0.2) is 215 Å². The lowest BCUT2D eigenvalue weighted by molar-refractivity contribution is 0.620. The summed E-state index contributed by atoms with van der Waals surface area (Å²) in [6.45, 7) is 0. The van der Waals surface area contributed by atoms with Gasteiger partial charge in [-0.3, -0.25) is 0 Å². The Balaban J connectivity index is 0.951. The lowest BCUT2D eigenvalue weighted by Gasteiger charge is -2.26. The zero-order valence-corrected chi connectivity index (χ0v) is 30.8. The molecule has 0 radical (unpaired) electrons. The van der Waals surface area contributed by atoms with E-state index in [-0.39, 0.29) is 0 Å². The van der Waals surface area contributed by atoms with Crippen LogP contribution in [0.5, 0.6) is 0 Å². The summed E-state index contributed by atoms with van der Waals surface area (Å²) in [7, 11) is 0. The number of para-hydroxylation sites is 3. The van der Waals surface area contributed by atoms with E-state index in [9.17, 15) is 0 Å². The largest absolute Gasteiger partial charge is 0.456 e. The topological polar surface area (TPSA) is 42.4 Å². The van der Waals surface area contributed by atoms with Crippen molar-refractivity contribution in [2.75, 3.05) is 4.90 Å². The molecule has 0 amide bonds. The molecule has 4 heteroatoms. The third-order valence-electron chi connectivity index (χ3n) is 10.9. The normalized spacial score (nSPS) is 11.5. The number of fused-ring (bicyclic) bond motifs is 5. The number of furan rings is 1. The first kappa shape index (κ1) is 32.7. The fraction of sp³-hybridized carbons (Fsp3) is 0. The number of hydrogen-bond donors (Lipinski definition) is 0. The molecule has 0 aliphatic rings. The summed E-state index contributed by atoms with van der Waals surface area (Å²) in [4.78, 5) is 7.12. The molecule has 4 nitrogen and oxygen atoms in total. The minimum absolute atomic E-state index is 0.622. The minimum atomic E-state index is 0.622. The van der Waals surface area contributed by atoms with E-state index < -0.39 is 0 Å². The summed E-state index contributed by atoms with van der Waals surface area (Å²) in [6, 6.07) is 72.2. The van der Waals surface area contributed by atoms with Gasteiger partial charge in [0.15, 0.2) is 5.58 Å². The molecule has 0 saturated carbocycles. The standard InChI is InChI=1S/C53H34N2O2/c1-3-12-35(13-4-1)36-22-27-40(28-23-36)55(39-14-5-2-6-15-39)41-29-24-37(25-30-41)38-26-31-47-51(34-38)56-50-21-11-18-45(52(47)50)44-32-33-46(43-17-8-7-16-42(43)44)53-54-48-19-9-10-20-49(48)57-53/h1-34H. The van der Waals surface area contributed by atoms with Gasteiger partial charge >= 0.3 is 0 Å². The zero-order valence-electron chi connectivity index (χ0n) is 30.8. The highest BCUT2D eigenvalue weighted by Gasteiger charge is 2.19. The SMILES string of the molecule is c1ccc(-c2ccc(N(c3ccccc3)c3ccc(-c4ccc5c(c4)oc4cccc(-c6ccc(-c7nc8ccccc8o7)c7ccccc67)c45)cc3)cc2)cc1. The first-order valence-electron chi connectivity index (χ1n) is 19.2. The second-order valence-electron chi connectivity index (χ2n) is 14.3. The van der Waals surface area contributed by atoms with E-state index >= 15 is 0 Å². The van der Waals surface area contributed by atoms with Crippen LogP contribution in [0, 0.1) is 0 Å². The molecule has 57 heavy (non-hydrogen) atoms. The van der Waals surface area contributed by atoms with Crippen LogP contribution in [-0.4, -0.2) is 4.98 Å². The predicted molar refractivity (Wildman–Crippen MR) is 235 cm³/mol. The van der Waals surface area contributed by atoms with Crippen molar-refractivity contribution < 1.29 is 8.83 Å². The van der Waals surface area contributed by atoms with Gasteiger partial charge in [0.2, 0.25) is 5.89 Å². The Morgan fingerprint density at radius 1 is 0.333 bits per heavy atom. The Morgan fingerprint density at radius 2 is 0.895 bits per heavy atom. The van der Waals surface area contributed by atoms with Gasteiger partial charge in [-0.05, 0) is 117 Å². The smallest absolute Gasteiger partial charge is 0.227 e. The van der Waals surface area contributed by atoms with Crippen LogP contribution >= 0.6 is 0 Å². The van der Waals surface area contributed by atoms with E-state index in [1.165, 1.54) is 11.1 Å². The number of hydrogen-bond acceptors (Lipinski definition) is 4. The highest BCUT2D eigenvalue weighted by atomic mass is 16.3. The second-order valence-corrected chi connectivity index (χ2v) is 14.3. The van der Waals surface area contributed by atoms with Gasteiger partial charge in [0.05, 0.1) is 0 Å². The highest BCUT2D eigenvalue weighted by molar-refractivity contribution is 6.16. The highest BCUT2D eigenvalue weighted by Crippen LogP contribution is 2.43. The van der Waals surface area contributed by atoms with Crippen LogP contribution in [0.3, 0.4) is 0 Å². The molecule has 9 aromatic carbocycles. The number of oxazole rings is 1. The number of aromatic nitrogens is 1. The van der Waals surface area contributed by atoms with Gasteiger partial charge in [0.1, 0.15) is 16.7 Å². The molecule has 2 heterocycles. The van der Waals surface area contributed by atoms with Crippen LogP contribution in [0.4, 0.5) is 17.1 Å². The van der Waals surface area contributed by atoms with Crippen molar-refractivity contribution in [3.8, 4) is 44.8 Å². The molecule has 11 aromatic rings. The van der Waals surface area contributed by atoms with Crippen molar-refractivity contribution in [1.82, 2.24) is 4.98 Å². The van der Waals surface area contributed by atoms with E-state index in [1.54, 1.807) is 0 Å². The van der Waals surface area contributed by atoms with Crippen molar-refractivity contribution in [2.45, 2.75) is 0 Å². The summed E-state index contributed by atoms with van der Waals surface area (Å²) in [5.74, 6) is 0.622. The number of nitrogens with zero attached hydrogens (tertiary/aromatic N) is 2. The monoisotopic (exact) mass is 730 g/mol. The van der Waals surface area contributed by atoms with E-state index in [0.717, 1.165) is 88.7 Å². The van der Waals surface area contributed by atoms with Crippen molar-refractivity contribution in [2.24, 2.45) is 0 Å². The van der Waals surface area contributed by atoms with Gasteiger partial charge < -0.3 is 13.7 Å². The summed E-state index contributed by atoms with van der Waals surface area (Å²) >= 11 is 0. The molecule has 0 saturated heterocycles. The maximum atomic E-state index is 6.60. The number of rotatable bonds is 7. The van der Waals surface area contributed by atoms with E-state index in [1.807, 2.05) is 24.3 Å². The summed E-state index contributed by atoms with van der Waals surface area (Å²) in [5.41, 5.74) is 14.5. The quantitative estimate of drug-likeness (QED) is 0.164. The van der Waals surface area contributed by atoms with Crippen molar-refractivity contribution in [3.63, 3.8) is 0 Å². The summed E-state index contributed by atoms with van der Waals surface area (Å²) < 4.78 is 12.8. The van der Waals surface area contributed by atoms with Gasteiger partial charge in [0.25, 0.3) is 0 Å². The molecule has 0 fully saturated rings. The molecule has 0 bridgehead atoms. The first-order valence-corrected chi connectivity index (χ1v) is 19.2. The molecule has 11 rings (SSSR count). The molecular weight excluding hydrogens is 697 g/mol. The Labute approximate surface area is 329 Å². The molecule has 0 unspecified atom stereocenters. The Hall–Kier alpha value is -7.69. The van der Waals surface area contributed by atoms with E-state index in [2.05, 4.69) is 187 Å².